The zero-order valence-corrected chi connectivity index (χ0v) is 22.9. The fourth-order valence-corrected chi connectivity index (χ4v) is 5.59. The minimum atomic E-state index is -1.53. The Bertz CT molecular complexity index is 1050. The average molecular weight is 547 g/mol. The second kappa shape index (κ2) is 13.8. The van der Waals surface area contributed by atoms with Crippen LogP contribution in [0.1, 0.15) is 83.2 Å². The number of unbranched alkanes of at least 4 members (excludes halogenated alkanes) is 1. The van der Waals surface area contributed by atoms with E-state index in [1.54, 1.807) is 6.07 Å². The summed E-state index contributed by atoms with van der Waals surface area (Å²) in [4.78, 5) is 33.2. The van der Waals surface area contributed by atoms with Crippen molar-refractivity contribution in [3.05, 3.63) is 53.4 Å². The quantitative estimate of drug-likeness (QED) is 0.176. The van der Waals surface area contributed by atoms with Crippen LogP contribution < -0.4 is 15.4 Å². The molecule has 1 aromatic carbocycles. The van der Waals surface area contributed by atoms with Crippen LogP contribution in [0.25, 0.3) is 0 Å². The van der Waals surface area contributed by atoms with E-state index < -0.39 is 23.6 Å². The first-order valence-corrected chi connectivity index (χ1v) is 13.7. The molecule has 1 aliphatic rings. The van der Waals surface area contributed by atoms with Crippen molar-refractivity contribution >= 4 is 23.6 Å². The van der Waals surface area contributed by atoms with Crippen LogP contribution in [0.15, 0.2) is 42.6 Å². The van der Waals surface area contributed by atoms with Gasteiger partial charge in [-0.1, -0.05) is 56.5 Å². The number of aromatic nitrogens is 2. The Kier molecular flexibility index (Phi) is 10.7. The van der Waals surface area contributed by atoms with Crippen LogP contribution in [0.5, 0.6) is 5.88 Å². The molecule has 4 N–H and O–H groups in total. The van der Waals surface area contributed by atoms with Crippen molar-refractivity contribution in [2.75, 3.05) is 6.61 Å². The summed E-state index contributed by atoms with van der Waals surface area (Å²) in [5, 5.41) is 26.8. The van der Waals surface area contributed by atoms with E-state index >= 15 is 0 Å². The van der Waals surface area contributed by atoms with Crippen LogP contribution in [-0.4, -0.2) is 50.4 Å². The lowest BCUT2D eigenvalue weighted by Gasteiger charge is -2.50. The number of ether oxygens (including phenoxy) is 1. The molecule has 0 aliphatic heterocycles. The van der Waals surface area contributed by atoms with Gasteiger partial charge >= 0.3 is 6.09 Å². The van der Waals surface area contributed by atoms with Crippen molar-refractivity contribution in [2.45, 2.75) is 89.3 Å². The van der Waals surface area contributed by atoms with Crippen molar-refractivity contribution < 1.29 is 24.5 Å². The molecular weight excluding hydrogens is 508 g/mol. The standard InChI is InChI=1S/C28H39ClN4O5/c1-3-4-16-28(33-26(36)37,23(34)24(35)31-20(2)21-10-6-5-7-11-21)19-27(13-8-14-27)15-9-18-38-22-12-17-30-25(29)32-22/h5-7,10-12,17,20,23,33-34H,3-4,8-9,13-16,18-19H2,1-2H3,(H,31,35)(H,36,37)/t20-,23?,28?/m1/s1. The summed E-state index contributed by atoms with van der Waals surface area (Å²) >= 11 is 5.83. The van der Waals surface area contributed by atoms with Gasteiger partial charge in [0.15, 0.2) is 6.10 Å². The predicted octanol–water partition coefficient (Wildman–Crippen LogP) is 5.28. The molecule has 0 radical (unpaired) electrons. The highest BCUT2D eigenvalue weighted by Crippen LogP contribution is 2.51. The fourth-order valence-electron chi connectivity index (χ4n) is 5.46. The number of aliphatic hydroxyl groups excluding tert-OH is 1. The van der Waals surface area contributed by atoms with Gasteiger partial charge in [-0.3, -0.25) is 4.79 Å². The highest BCUT2D eigenvalue weighted by atomic mass is 35.5. The number of hydrogen-bond donors (Lipinski definition) is 4. The normalized spacial score (nSPS) is 17.4. The third-order valence-electron chi connectivity index (χ3n) is 7.57. The summed E-state index contributed by atoms with van der Waals surface area (Å²) in [6, 6.07) is 10.8. The first-order chi connectivity index (χ1) is 18.2. The maximum Gasteiger partial charge on any atom is 0.405 e. The van der Waals surface area contributed by atoms with Gasteiger partial charge < -0.3 is 25.6 Å². The fraction of sp³-hybridized carbons (Fsp3) is 0.571. The summed E-state index contributed by atoms with van der Waals surface area (Å²) in [5.74, 6) is -0.179. The molecule has 1 heterocycles. The number of rotatable bonds is 15. The van der Waals surface area contributed by atoms with Crippen LogP contribution in [0.3, 0.4) is 0 Å². The van der Waals surface area contributed by atoms with E-state index in [4.69, 9.17) is 16.3 Å². The maximum atomic E-state index is 13.3. The maximum absolute atomic E-state index is 13.3. The SMILES string of the molecule is CCCCC(CC1(CCCOc2ccnc(Cl)n2)CCC1)(NC(=O)O)C(O)C(=O)N[C@H](C)c1ccccc1. The average Bonchev–Trinajstić information content (AvgIpc) is 2.87. The van der Waals surface area contributed by atoms with Crippen molar-refractivity contribution in [3.8, 4) is 5.88 Å². The van der Waals surface area contributed by atoms with Crippen LogP contribution in [0.4, 0.5) is 4.79 Å². The molecule has 10 heteroatoms. The Hall–Kier alpha value is -2.91. The molecule has 3 rings (SSSR count). The molecule has 0 saturated heterocycles. The lowest BCUT2D eigenvalue weighted by atomic mass is 9.58. The molecule has 9 nitrogen and oxygen atoms in total. The van der Waals surface area contributed by atoms with Gasteiger partial charge in [0.1, 0.15) is 0 Å². The van der Waals surface area contributed by atoms with E-state index in [1.807, 2.05) is 44.2 Å². The van der Waals surface area contributed by atoms with Crippen molar-refractivity contribution in [1.29, 1.82) is 0 Å². The summed E-state index contributed by atoms with van der Waals surface area (Å²) < 4.78 is 5.72. The zero-order chi connectivity index (χ0) is 27.6. The van der Waals surface area contributed by atoms with E-state index in [-0.39, 0.29) is 16.7 Å². The molecule has 38 heavy (non-hydrogen) atoms. The van der Waals surface area contributed by atoms with Gasteiger partial charge in [0.2, 0.25) is 11.2 Å². The van der Waals surface area contributed by atoms with Gasteiger partial charge in [-0.2, -0.15) is 4.98 Å². The number of hydrogen-bond acceptors (Lipinski definition) is 6. The molecule has 1 fully saturated rings. The largest absolute Gasteiger partial charge is 0.478 e. The van der Waals surface area contributed by atoms with Crippen molar-refractivity contribution in [3.63, 3.8) is 0 Å². The Morgan fingerprint density at radius 3 is 2.55 bits per heavy atom. The third kappa shape index (κ3) is 8.04. The molecular formula is C28H39ClN4O5. The molecule has 0 spiro atoms. The minimum absolute atomic E-state index is 0.118. The van der Waals surface area contributed by atoms with Crippen LogP contribution in [-0.2, 0) is 4.79 Å². The number of nitrogens with one attached hydrogen (secondary N) is 2. The smallest absolute Gasteiger partial charge is 0.405 e. The van der Waals surface area contributed by atoms with Crippen LogP contribution in [0, 0.1) is 5.41 Å². The Labute approximate surface area is 229 Å². The molecule has 0 bridgehead atoms. The summed E-state index contributed by atoms with van der Waals surface area (Å²) in [7, 11) is 0. The van der Waals surface area contributed by atoms with Crippen molar-refractivity contribution in [1.82, 2.24) is 20.6 Å². The molecule has 2 amide bonds. The second-order valence-corrected chi connectivity index (χ2v) is 10.7. The van der Waals surface area contributed by atoms with Gasteiger partial charge in [-0.15, -0.1) is 0 Å². The van der Waals surface area contributed by atoms with Gasteiger partial charge in [-0.25, -0.2) is 9.78 Å². The van der Waals surface area contributed by atoms with Crippen LogP contribution in [0.2, 0.25) is 5.28 Å². The molecule has 2 aromatic rings. The van der Waals surface area contributed by atoms with Gasteiger partial charge in [0.05, 0.1) is 18.2 Å². The first-order valence-electron chi connectivity index (χ1n) is 13.3. The number of carbonyl (C=O) groups is 2. The molecule has 1 aliphatic carbocycles. The lowest BCUT2D eigenvalue weighted by molar-refractivity contribution is -0.136. The number of amides is 2. The van der Waals surface area contributed by atoms with Gasteiger partial charge in [-0.05, 0) is 68.0 Å². The topological polar surface area (TPSA) is 134 Å². The highest BCUT2D eigenvalue weighted by Gasteiger charge is 2.50. The van der Waals surface area contributed by atoms with E-state index in [0.717, 1.165) is 37.7 Å². The monoisotopic (exact) mass is 546 g/mol. The Morgan fingerprint density at radius 2 is 1.95 bits per heavy atom. The van der Waals surface area contributed by atoms with E-state index in [9.17, 15) is 19.8 Å². The molecule has 1 saturated carbocycles. The van der Waals surface area contributed by atoms with Crippen LogP contribution >= 0.6 is 11.6 Å². The van der Waals surface area contributed by atoms with E-state index in [0.29, 0.717) is 38.2 Å². The molecule has 208 valence electrons. The predicted molar refractivity (Wildman–Crippen MR) is 145 cm³/mol. The van der Waals surface area contributed by atoms with Gasteiger partial charge in [0, 0.05) is 12.3 Å². The van der Waals surface area contributed by atoms with Gasteiger partial charge in [0.25, 0.3) is 5.91 Å². The highest BCUT2D eigenvalue weighted by molar-refractivity contribution is 6.28. The number of aliphatic hydroxyl groups is 1. The Morgan fingerprint density at radius 1 is 1.21 bits per heavy atom. The molecule has 2 unspecified atom stereocenters. The number of nitrogens with zero attached hydrogens (tertiary/aromatic N) is 2. The zero-order valence-electron chi connectivity index (χ0n) is 22.2. The van der Waals surface area contributed by atoms with E-state index in [2.05, 4.69) is 20.6 Å². The lowest BCUT2D eigenvalue weighted by Crippen LogP contribution is -2.63. The minimum Gasteiger partial charge on any atom is -0.478 e. The molecule has 3 atom stereocenters. The summed E-state index contributed by atoms with van der Waals surface area (Å²) in [6.45, 7) is 4.27. The molecule has 1 aromatic heterocycles. The number of benzene rings is 1. The number of carbonyl (C=O) groups excluding carboxylic acids is 1. The van der Waals surface area contributed by atoms with E-state index in [1.165, 1.54) is 6.20 Å². The first kappa shape index (κ1) is 29.6. The third-order valence-corrected chi connectivity index (χ3v) is 7.75. The van der Waals surface area contributed by atoms with Crippen molar-refractivity contribution in [2.24, 2.45) is 5.41 Å². The summed E-state index contributed by atoms with van der Waals surface area (Å²) in [6.07, 6.45) is 5.27. The number of carboxylic acid groups (broad SMARTS) is 1. The number of halogens is 1. The second-order valence-electron chi connectivity index (χ2n) is 10.4. The summed E-state index contributed by atoms with van der Waals surface area (Å²) in [5.41, 5.74) is -0.599. The Balaban J connectivity index is 1.74.